The number of benzene rings is 1. The van der Waals surface area contributed by atoms with E-state index in [0.717, 1.165) is 12.1 Å². The van der Waals surface area contributed by atoms with Crippen LogP contribution in [0.25, 0.3) is 0 Å². The lowest BCUT2D eigenvalue weighted by Crippen LogP contribution is -2.39. The van der Waals surface area contributed by atoms with Gasteiger partial charge < -0.3 is 5.73 Å². The Morgan fingerprint density at radius 1 is 1.35 bits per heavy atom. The highest BCUT2D eigenvalue weighted by molar-refractivity contribution is 7.89. The fraction of sp³-hybridized carbons (Fsp3) is 0.333. The fourth-order valence-electron chi connectivity index (χ4n) is 2.97. The van der Waals surface area contributed by atoms with Gasteiger partial charge in [0.2, 0.25) is 16.0 Å². The molecule has 2 heterocycles. The molecule has 3 rings (SSSR count). The van der Waals surface area contributed by atoms with Crippen LogP contribution in [0.1, 0.15) is 24.5 Å². The first kappa shape index (κ1) is 18.1. The third-order valence-electron chi connectivity index (χ3n) is 4.20. The molecule has 26 heavy (non-hydrogen) atoms. The molecule has 138 valence electrons. The monoisotopic (exact) mass is 381 g/mol. The number of halogens is 1. The van der Waals surface area contributed by atoms with Gasteiger partial charge in [0.15, 0.2) is 0 Å². The Bertz CT molecular complexity index is 953. The molecule has 1 aliphatic heterocycles. The number of sulfonamides is 1. The molecule has 0 aliphatic carbocycles. The minimum absolute atomic E-state index is 0.100. The molecule has 1 saturated heterocycles. The number of nitrogens with two attached hydrogens (primary N) is 1. The molecule has 1 fully saturated rings. The summed E-state index contributed by atoms with van der Waals surface area (Å²) < 4.78 is 40.5. The maximum absolute atomic E-state index is 13.7. The molecule has 0 radical (unpaired) electrons. The van der Waals surface area contributed by atoms with Crippen LogP contribution in [-0.4, -0.2) is 40.7 Å². The number of non-ortho nitro benzene ring substituents is 1. The molecule has 0 bridgehead atoms. The van der Waals surface area contributed by atoms with Crippen LogP contribution >= 0.6 is 0 Å². The van der Waals surface area contributed by atoms with Gasteiger partial charge in [0.1, 0.15) is 5.82 Å². The Kier molecular flexibility index (Phi) is 4.83. The van der Waals surface area contributed by atoms with Crippen molar-refractivity contribution < 1.29 is 17.7 Å². The molecule has 0 spiro atoms. The maximum atomic E-state index is 13.7. The van der Waals surface area contributed by atoms with Gasteiger partial charge in [0, 0.05) is 31.3 Å². The highest BCUT2D eigenvalue weighted by Crippen LogP contribution is 2.30. The predicted molar refractivity (Wildman–Crippen MR) is 90.2 cm³/mol. The molecular formula is C15H16FN5O4S. The number of anilines is 1. The quantitative estimate of drug-likeness (QED) is 0.629. The van der Waals surface area contributed by atoms with Crippen LogP contribution < -0.4 is 5.73 Å². The fourth-order valence-corrected chi connectivity index (χ4v) is 4.54. The average Bonchev–Trinajstić information content (AvgIpc) is 2.61. The van der Waals surface area contributed by atoms with Crippen molar-refractivity contribution in [2.24, 2.45) is 0 Å². The van der Waals surface area contributed by atoms with E-state index in [1.165, 1.54) is 10.5 Å². The Morgan fingerprint density at radius 3 is 2.81 bits per heavy atom. The normalized spacial score (nSPS) is 18.6. The molecule has 1 aromatic heterocycles. The first-order chi connectivity index (χ1) is 12.3. The van der Waals surface area contributed by atoms with E-state index in [1.54, 1.807) is 6.07 Å². The van der Waals surface area contributed by atoms with Crippen LogP contribution in [0, 0.1) is 15.9 Å². The standard InChI is InChI=1S/C15H16FN5O4S/c16-11-6-12(21(22)23)8-13(7-11)26(24,25)20-5-1-2-10(9-20)14-3-4-18-15(17)19-14/h3-4,6-8,10H,1-2,5,9H2,(H2,17,18,19)/t10-/m0/s1. The van der Waals surface area contributed by atoms with E-state index in [2.05, 4.69) is 9.97 Å². The van der Waals surface area contributed by atoms with E-state index in [4.69, 9.17) is 5.73 Å². The number of rotatable bonds is 4. The van der Waals surface area contributed by atoms with E-state index in [1.807, 2.05) is 0 Å². The summed E-state index contributed by atoms with van der Waals surface area (Å²) in [5.41, 5.74) is 5.60. The highest BCUT2D eigenvalue weighted by Gasteiger charge is 2.32. The van der Waals surface area contributed by atoms with Gasteiger partial charge in [-0.15, -0.1) is 0 Å². The molecule has 11 heteroatoms. The number of aromatic nitrogens is 2. The highest BCUT2D eigenvalue weighted by atomic mass is 32.2. The molecule has 1 atom stereocenters. The van der Waals surface area contributed by atoms with Crippen molar-refractivity contribution in [2.75, 3.05) is 18.8 Å². The van der Waals surface area contributed by atoms with E-state index >= 15 is 0 Å². The van der Waals surface area contributed by atoms with Gasteiger partial charge in [-0.3, -0.25) is 10.1 Å². The molecule has 0 saturated carbocycles. The van der Waals surface area contributed by atoms with Gasteiger partial charge in [-0.25, -0.2) is 22.8 Å². The Hall–Kier alpha value is -2.66. The predicted octanol–water partition coefficient (Wildman–Crippen LogP) is 1.67. The lowest BCUT2D eigenvalue weighted by molar-refractivity contribution is -0.385. The first-order valence-electron chi connectivity index (χ1n) is 7.81. The third kappa shape index (κ3) is 3.63. The summed E-state index contributed by atoms with van der Waals surface area (Å²) in [6.45, 7) is 0.368. The number of hydrogen-bond acceptors (Lipinski definition) is 7. The molecule has 1 aliphatic rings. The SMILES string of the molecule is Nc1nccc([C@H]2CCCN(S(=O)(=O)c3cc(F)cc([N+](=O)[O-])c3)C2)n1. The first-order valence-corrected chi connectivity index (χ1v) is 9.25. The molecule has 9 nitrogen and oxygen atoms in total. The minimum atomic E-state index is -4.08. The molecular weight excluding hydrogens is 365 g/mol. The number of nitrogen functional groups attached to an aromatic ring is 1. The average molecular weight is 381 g/mol. The van der Waals surface area contributed by atoms with E-state index in [0.29, 0.717) is 24.6 Å². The van der Waals surface area contributed by atoms with E-state index in [-0.39, 0.29) is 25.0 Å². The topological polar surface area (TPSA) is 132 Å². The summed E-state index contributed by atoms with van der Waals surface area (Å²) in [5, 5.41) is 10.9. The van der Waals surface area contributed by atoms with Crippen molar-refractivity contribution in [1.82, 2.24) is 14.3 Å². The van der Waals surface area contributed by atoms with Crippen LogP contribution in [0.2, 0.25) is 0 Å². The van der Waals surface area contributed by atoms with Gasteiger partial charge in [-0.1, -0.05) is 0 Å². The molecule has 0 amide bonds. The minimum Gasteiger partial charge on any atom is -0.368 e. The molecule has 0 unspecified atom stereocenters. The zero-order valence-corrected chi connectivity index (χ0v) is 14.4. The maximum Gasteiger partial charge on any atom is 0.273 e. The van der Waals surface area contributed by atoms with Crippen molar-refractivity contribution in [3.05, 3.63) is 52.1 Å². The molecule has 1 aromatic carbocycles. The second kappa shape index (κ2) is 6.92. The number of hydrogen-bond donors (Lipinski definition) is 1. The third-order valence-corrected chi connectivity index (χ3v) is 6.05. The van der Waals surface area contributed by atoms with Crippen molar-refractivity contribution >= 4 is 21.7 Å². The summed E-state index contributed by atoms with van der Waals surface area (Å²) in [6, 6.07) is 4.01. The molecule has 2 aromatic rings. The smallest absolute Gasteiger partial charge is 0.273 e. The summed E-state index contributed by atoms with van der Waals surface area (Å²) in [4.78, 5) is 17.6. The van der Waals surface area contributed by atoms with Gasteiger partial charge in [0.25, 0.3) is 5.69 Å². The van der Waals surface area contributed by atoms with Crippen molar-refractivity contribution in [3.63, 3.8) is 0 Å². The Morgan fingerprint density at radius 2 is 2.12 bits per heavy atom. The second-order valence-corrected chi connectivity index (χ2v) is 7.88. The van der Waals surface area contributed by atoms with Crippen LogP contribution in [-0.2, 0) is 10.0 Å². The zero-order chi connectivity index (χ0) is 18.9. The second-order valence-electron chi connectivity index (χ2n) is 5.94. The lowest BCUT2D eigenvalue weighted by atomic mass is 9.96. The van der Waals surface area contributed by atoms with E-state index < -0.39 is 31.3 Å². The number of nitrogens with zero attached hydrogens (tertiary/aromatic N) is 4. The Balaban J connectivity index is 1.91. The zero-order valence-electron chi connectivity index (χ0n) is 13.6. The van der Waals surface area contributed by atoms with Crippen LogP contribution in [0.15, 0.2) is 35.4 Å². The summed E-state index contributed by atoms with van der Waals surface area (Å²) >= 11 is 0. The summed E-state index contributed by atoms with van der Waals surface area (Å²) in [6.07, 6.45) is 2.79. The number of nitro benzene ring substituents is 1. The number of piperidine rings is 1. The van der Waals surface area contributed by atoms with Crippen molar-refractivity contribution in [1.29, 1.82) is 0 Å². The van der Waals surface area contributed by atoms with Gasteiger partial charge in [-0.2, -0.15) is 4.31 Å². The Labute approximate surface area is 148 Å². The largest absolute Gasteiger partial charge is 0.368 e. The van der Waals surface area contributed by atoms with Gasteiger partial charge in [-0.05, 0) is 25.0 Å². The van der Waals surface area contributed by atoms with Crippen LogP contribution in [0.4, 0.5) is 16.0 Å². The lowest BCUT2D eigenvalue weighted by Gasteiger charge is -2.31. The van der Waals surface area contributed by atoms with Crippen molar-refractivity contribution in [3.8, 4) is 0 Å². The van der Waals surface area contributed by atoms with Gasteiger partial charge >= 0.3 is 0 Å². The summed E-state index contributed by atoms with van der Waals surface area (Å²) in [7, 11) is -4.08. The summed E-state index contributed by atoms with van der Waals surface area (Å²) in [5.74, 6) is -1.06. The van der Waals surface area contributed by atoms with Crippen LogP contribution in [0.5, 0.6) is 0 Å². The van der Waals surface area contributed by atoms with Crippen LogP contribution in [0.3, 0.4) is 0 Å². The van der Waals surface area contributed by atoms with E-state index in [9.17, 15) is 22.9 Å². The van der Waals surface area contributed by atoms with Gasteiger partial charge in [0.05, 0.1) is 21.6 Å². The molecule has 2 N–H and O–H groups in total. The van der Waals surface area contributed by atoms with Crippen molar-refractivity contribution in [2.45, 2.75) is 23.7 Å². The number of nitro groups is 1.